The normalized spacial score (nSPS) is 15.7. The fourth-order valence-electron chi connectivity index (χ4n) is 2.67. The largest absolute Gasteiger partial charge is 0.342 e. The first-order valence-corrected chi connectivity index (χ1v) is 5.76. The lowest BCUT2D eigenvalue weighted by molar-refractivity contribution is 0.257. The number of nitrogens with two attached hydrogens (primary N) is 1. The molecule has 0 spiro atoms. The molecule has 0 amide bonds. The minimum Gasteiger partial charge on any atom is -0.342 e. The average Bonchev–Trinajstić information content (AvgIpc) is 2.45. The summed E-state index contributed by atoms with van der Waals surface area (Å²) in [6, 6.07) is 4.34. The maximum absolute atomic E-state index is 5.96. The van der Waals surface area contributed by atoms with Crippen molar-refractivity contribution in [3.63, 3.8) is 0 Å². The van der Waals surface area contributed by atoms with E-state index in [0.29, 0.717) is 12.5 Å². The average molecular weight is 208 g/mol. The molecule has 0 aliphatic rings. The van der Waals surface area contributed by atoms with E-state index in [2.05, 4.69) is 51.3 Å². The van der Waals surface area contributed by atoms with Gasteiger partial charge in [0.2, 0.25) is 0 Å². The van der Waals surface area contributed by atoms with E-state index < -0.39 is 0 Å². The second-order valence-electron chi connectivity index (χ2n) is 5.25. The van der Waals surface area contributed by atoms with Crippen LogP contribution in [-0.2, 0) is 5.54 Å². The number of rotatable bonds is 4. The molecule has 2 heteroatoms. The molecule has 2 N–H and O–H groups in total. The highest BCUT2D eigenvalue weighted by molar-refractivity contribution is 5.17. The lowest BCUT2D eigenvalue weighted by atomic mass is 9.90. The molecule has 0 saturated heterocycles. The Kier molecular flexibility index (Phi) is 3.61. The Balaban J connectivity index is 3.10. The summed E-state index contributed by atoms with van der Waals surface area (Å²) < 4.78 is 2.38. The van der Waals surface area contributed by atoms with E-state index in [-0.39, 0.29) is 5.54 Å². The number of hydrogen-bond acceptors (Lipinski definition) is 1. The van der Waals surface area contributed by atoms with E-state index in [1.807, 2.05) is 0 Å². The number of hydrogen-bond donors (Lipinski definition) is 1. The van der Waals surface area contributed by atoms with Crippen molar-refractivity contribution >= 4 is 0 Å². The Morgan fingerprint density at radius 1 is 1.27 bits per heavy atom. The van der Waals surface area contributed by atoms with E-state index in [1.54, 1.807) is 0 Å². The van der Waals surface area contributed by atoms with Crippen molar-refractivity contribution in [1.29, 1.82) is 0 Å². The van der Waals surface area contributed by atoms with Gasteiger partial charge in [0.25, 0.3) is 0 Å². The third-order valence-corrected chi connectivity index (χ3v) is 3.10. The molecule has 2 nitrogen and oxygen atoms in total. The zero-order valence-electron chi connectivity index (χ0n) is 10.7. The van der Waals surface area contributed by atoms with Crippen LogP contribution in [0.3, 0.4) is 0 Å². The number of nitrogens with zero attached hydrogens (tertiary/aromatic N) is 1. The van der Waals surface area contributed by atoms with Crippen LogP contribution in [0.4, 0.5) is 0 Å². The minimum absolute atomic E-state index is 0.0613. The first kappa shape index (κ1) is 12.3. The zero-order chi connectivity index (χ0) is 11.6. The molecule has 1 aromatic heterocycles. The Bertz CT molecular complexity index is 306. The smallest absolute Gasteiger partial charge is 0.0541 e. The summed E-state index contributed by atoms with van der Waals surface area (Å²) in [5.74, 6) is 0.666. The minimum atomic E-state index is 0.0613. The molecule has 0 radical (unpaired) electrons. The molecule has 0 aliphatic carbocycles. The maximum atomic E-state index is 5.96. The van der Waals surface area contributed by atoms with Crippen LogP contribution in [0.5, 0.6) is 0 Å². The van der Waals surface area contributed by atoms with Gasteiger partial charge < -0.3 is 10.3 Å². The highest BCUT2D eigenvalue weighted by Gasteiger charge is 2.27. The Morgan fingerprint density at radius 3 is 2.07 bits per heavy atom. The van der Waals surface area contributed by atoms with Crippen molar-refractivity contribution in [3.05, 3.63) is 23.5 Å². The fourth-order valence-corrected chi connectivity index (χ4v) is 2.67. The van der Waals surface area contributed by atoms with Crippen molar-refractivity contribution in [2.45, 2.75) is 46.6 Å². The topological polar surface area (TPSA) is 30.9 Å². The lowest BCUT2D eigenvalue weighted by Gasteiger charge is -2.35. The standard InChI is InChI=1S/C13H24N2/c1-10(2)8-13(5,9-14)15-11(3)6-7-12(15)4/h6-7,10H,8-9,14H2,1-5H3. The van der Waals surface area contributed by atoms with Gasteiger partial charge in [-0.05, 0) is 45.2 Å². The molecule has 86 valence electrons. The van der Waals surface area contributed by atoms with Gasteiger partial charge in [0.05, 0.1) is 5.54 Å². The van der Waals surface area contributed by atoms with Crippen LogP contribution >= 0.6 is 0 Å². The van der Waals surface area contributed by atoms with Crippen LogP contribution in [0, 0.1) is 19.8 Å². The Labute approximate surface area is 93.5 Å². The third kappa shape index (κ3) is 2.43. The van der Waals surface area contributed by atoms with Gasteiger partial charge in [0, 0.05) is 17.9 Å². The Hall–Kier alpha value is -0.760. The SMILES string of the molecule is Cc1ccc(C)n1C(C)(CN)CC(C)C. The van der Waals surface area contributed by atoms with Gasteiger partial charge in [-0.15, -0.1) is 0 Å². The molecule has 0 aliphatic heterocycles. The van der Waals surface area contributed by atoms with Crippen LogP contribution in [0.1, 0.15) is 38.6 Å². The Morgan fingerprint density at radius 2 is 1.73 bits per heavy atom. The predicted octanol–water partition coefficient (Wildman–Crippen LogP) is 2.82. The van der Waals surface area contributed by atoms with Gasteiger partial charge in [-0.1, -0.05) is 13.8 Å². The molecule has 1 aromatic rings. The molecule has 0 saturated carbocycles. The summed E-state index contributed by atoms with van der Waals surface area (Å²) in [6.45, 7) is 11.8. The van der Waals surface area contributed by atoms with Gasteiger partial charge in [0.1, 0.15) is 0 Å². The lowest BCUT2D eigenvalue weighted by Crippen LogP contribution is -2.40. The molecule has 0 bridgehead atoms. The van der Waals surface area contributed by atoms with Gasteiger partial charge in [0.15, 0.2) is 0 Å². The van der Waals surface area contributed by atoms with Gasteiger partial charge in [-0.25, -0.2) is 0 Å². The first-order valence-electron chi connectivity index (χ1n) is 5.76. The monoisotopic (exact) mass is 208 g/mol. The van der Waals surface area contributed by atoms with Crippen LogP contribution in [0.15, 0.2) is 12.1 Å². The highest BCUT2D eigenvalue weighted by Crippen LogP contribution is 2.27. The molecule has 0 fully saturated rings. The van der Waals surface area contributed by atoms with Gasteiger partial charge >= 0.3 is 0 Å². The van der Waals surface area contributed by atoms with E-state index in [1.165, 1.54) is 11.4 Å². The predicted molar refractivity (Wildman–Crippen MR) is 66.1 cm³/mol. The molecular weight excluding hydrogens is 184 g/mol. The van der Waals surface area contributed by atoms with Crippen LogP contribution in [0.2, 0.25) is 0 Å². The van der Waals surface area contributed by atoms with Gasteiger partial charge in [-0.3, -0.25) is 0 Å². The van der Waals surface area contributed by atoms with Crippen molar-refractivity contribution in [2.24, 2.45) is 11.7 Å². The molecule has 1 atom stereocenters. The molecule has 15 heavy (non-hydrogen) atoms. The second-order valence-corrected chi connectivity index (χ2v) is 5.25. The summed E-state index contributed by atoms with van der Waals surface area (Å²) in [6.07, 6.45) is 1.12. The van der Waals surface area contributed by atoms with E-state index in [9.17, 15) is 0 Å². The van der Waals surface area contributed by atoms with Crippen LogP contribution < -0.4 is 5.73 Å². The van der Waals surface area contributed by atoms with Crippen molar-refractivity contribution in [2.75, 3.05) is 6.54 Å². The summed E-state index contributed by atoms with van der Waals surface area (Å²) in [5.41, 5.74) is 8.64. The van der Waals surface area contributed by atoms with E-state index in [4.69, 9.17) is 5.73 Å². The molecule has 1 heterocycles. The van der Waals surface area contributed by atoms with Crippen LogP contribution in [0.25, 0.3) is 0 Å². The molecule has 1 unspecified atom stereocenters. The quantitative estimate of drug-likeness (QED) is 0.810. The summed E-state index contributed by atoms with van der Waals surface area (Å²) in [4.78, 5) is 0. The van der Waals surface area contributed by atoms with Gasteiger partial charge in [-0.2, -0.15) is 0 Å². The van der Waals surface area contributed by atoms with E-state index >= 15 is 0 Å². The fraction of sp³-hybridized carbons (Fsp3) is 0.692. The number of aromatic nitrogens is 1. The second kappa shape index (κ2) is 4.40. The zero-order valence-corrected chi connectivity index (χ0v) is 10.7. The van der Waals surface area contributed by atoms with E-state index in [0.717, 1.165) is 6.42 Å². The van der Waals surface area contributed by atoms with Crippen molar-refractivity contribution in [1.82, 2.24) is 4.57 Å². The summed E-state index contributed by atoms with van der Waals surface area (Å²) in [7, 11) is 0. The summed E-state index contributed by atoms with van der Waals surface area (Å²) >= 11 is 0. The highest BCUT2D eigenvalue weighted by atomic mass is 15.1. The maximum Gasteiger partial charge on any atom is 0.0541 e. The van der Waals surface area contributed by atoms with Crippen molar-refractivity contribution in [3.8, 4) is 0 Å². The molecule has 0 aromatic carbocycles. The van der Waals surface area contributed by atoms with Crippen molar-refractivity contribution < 1.29 is 0 Å². The van der Waals surface area contributed by atoms with Crippen LogP contribution in [-0.4, -0.2) is 11.1 Å². The molecule has 1 rings (SSSR count). The first-order chi connectivity index (χ1) is 6.90. The third-order valence-electron chi connectivity index (χ3n) is 3.10. The molecular formula is C13H24N2. The number of aryl methyl sites for hydroxylation is 2. The summed E-state index contributed by atoms with van der Waals surface area (Å²) in [5, 5.41) is 0.